The van der Waals surface area contributed by atoms with Crippen LogP contribution in [0.15, 0.2) is 42.6 Å². The SMILES string of the molecule is Cc1cc([N+](=O)[O-])ccc1NC(=O)CCN1CCN(Cc2ccccn2)CC1. The number of carbonyl (C=O) groups excluding carboxylic acids is 1. The second-order valence-corrected chi connectivity index (χ2v) is 6.99. The van der Waals surface area contributed by atoms with Crippen LogP contribution in [0.3, 0.4) is 0 Å². The van der Waals surface area contributed by atoms with Gasteiger partial charge in [-0.2, -0.15) is 0 Å². The lowest BCUT2D eigenvalue weighted by Gasteiger charge is -2.34. The van der Waals surface area contributed by atoms with Crippen LogP contribution in [0.5, 0.6) is 0 Å². The van der Waals surface area contributed by atoms with Crippen molar-refractivity contribution >= 4 is 17.3 Å². The van der Waals surface area contributed by atoms with E-state index in [1.165, 1.54) is 12.1 Å². The van der Waals surface area contributed by atoms with Gasteiger partial charge in [0.2, 0.25) is 5.91 Å². The van der Waals surface area contributed by atoms with Crippen LogP contribution >= 0.6 is 0 Å². The van der Waals surface area contributed by atoms with E-state index in [9.17, 15) is 14.9 Å². The first-order chi connectivity index (χ1) is 13.5. The van der Waals surface area contributed by atoms with E-state index in [0.717, 1.165) is 38.4 Å². The smallest absolute Gasteiger partial charge is 0.269 e. The molecule has 2 heterocycles. The summed E-state index contributed by atoms with van der Waals surface area (Å²) in [6, 6.07) is 10.4. The Morgan fingerprint density at radius 1 is 1.18 bits per heavy atom. The molecule has 28 heavy (non-hydrogen) atoms. The van der Waals surface area contributed by atoms with Gasteiger partial charge in [-0.3, -0.25) is 24.8 Å². The van der Waals surface area contributed by atoms with Crippen LogP contribution in [-0.2, 0) is 11.3 Å². The van der Waals surface area contributed by atoms with Gasteiger partial charge in [0, 0.05) is 69.7 Å². The zero-order valence-electron chi connectivity index (χ0n) is 16.0. The lowest BCUT2D eigenvalue weighted by Crippen LogP contribution is -2.46. The normalized spacial score (nSPS) is 15.3. The summed E-state index contributed by atoms with van der Waals surface area (Å²) in [6.07, 6.45) is 2.22. The Bertz CT molecular complexity index is 820. The van der Waals surface area contributed by atoms with Gasteiger partial charge in [0.25, 0.3) is 5.69 Å². The molecule has 1 N–H and O–H groups in total. The van der Waals surface area contributed by atoms with Gasteiger partial charge >= 0.3 is 0 Å². The van der Waals surface area contributed by atoms with E-state index >= 15 is 0 Å². The van der Waals surface area contributed by atoms with Gasteiger partial charge in [0.05, 0.1) is 10.6 Å². The summed E-state index contributed by atoms with van der Waals surface area (Å²) in [4.78, 5) is 31.6. The molecular formula is C20H25N5O3. The number of carbonyl (C=O) groups is 1. The van der Waals surface area contributed by atoms with E-state index in [-0.39, 0.29) is 11.6 Å². The number of aromatic nitrogens is 1. The highest BCUT2D eigenvalue weighted by Crippen LogP contribution is 2.21. The monoisotopic (exact) mass is 383 g/mol. The van der Waals surface area contributed by atoms with E-state index in [0.29, 0.717) is 24.2 Å². The number of nitrogens with zero attached hydrogens (tertiary/aromatic N) is 4. The molecule has 0 unspecified atom stereocenters. The zero-order valence-corrected chi connectivity index (χ0v) is 16.0. The molecule has 3 rings (SSSR count). The fourth-order valence-electron chi connectivity index (χ4n) is 3.27. The number of nitrogens with one attached hydrogen (secondary N) is 1. The highest BCUT2D eigenvalue weighted by Gasteiger charge is 2.18. The first-order valence-corrected chi connectivity index (χ1v) is 9.41. The van der Waals surface area contributed by atoms with Crippen LogP contribution in [0.2, 0.25) is 0 Å². The molecular weight excluding hydrogens is 358 g/mol. The number of rotatable bonds is 7. The molecule has 1 fully saturated rings. The molecule has 1 aliphatic heterocycles. The lowest BCUT2D eigenvalue weighted by atomic mass is 10.1. The molecule has 0 atom stereocenters. The van der Waals surface area contributed by atoms with Gasteiger partial charge in [-0.05, 0) is 30.7 Å². The third kappa shape index (κ3) is 5.58. The van der Waals surface area contributed by atoms with Gasteiger partial charge in [0.15, 0.2) is 0 Å². The Balaban J connectivity index is 1.40. The predicted octanol–water partition coefficient (Wildman–Crippen LogP) is 2.44. The fourth-order valence-corrected chi connectivity index (χ4v) is 3.27. The molecule has 1 saturated heterocycles. The summed E-state index contributed by atoms with van der Waals surface area (Å²) in [6.45, 7) is 7.08. The van der Waals surface area contributed by atoms with Crippen LogP contribution < -0.4 is 5.32 Å². The van der Waals surface area contributed by atoms with Crippen molar-refractivity contribution in [2.24, 2.45) is 0 Å². The maximum atomic E-state index is 12.2. The zero-order chi connectivity index (χ0) is 19.9. The van der Waals surface area contributed by atoms with E-state index in [4.69, 9.17) is 0 Å². The Labute approximate surface area is 164 Å². The molecule has 8 nitrogen and oxygen atoms in total. The molecule has 1 amide bonds. The van der Waals surface area contributed by atoms with Gasteiger partial charge < -0.3 is 10.2 Å². The van der Waals surface area contributed by atoms with Gasteiger partial charge in [0.1, 0.15) is 0 Å². The molecule has 0 bridgehead atoms. The molecule has 1 aromatic heterocycles. The minimum Gasteiger partial charge on any atom is -0.326 e. The van der Waals surface area contributed by atoms with Crippen LogP contribution in [0.4, 0.5) is 11.4 Å². The minimum absolute atomic E-state index is 0.0269. The van der Waals surface area contributed by atoms with E-state index < -0.39 is 4.92 Å². The van der Waals surface area contributed by atoms with Crippen LogP contribution in [-0.4, -0.2) is 58.3 Å². The number of aryl methyl sites for hydroxylation is 1. The molecule has 1 aliphatic rings. The molecule has 0 radical (unpaired) electrons. The van der Waals surface area contributed by atoms with E-state index in [2.05, 4.69) is 20.1 Å². The summed E-state index contributed by atoms with van der Waals surface area (Å²) in [5.41, 5.74) is 2.41. The highest BCUT2D eigenvalue weighted by molar-refractivity contribution is 5.91. The van der Waals surface area contributed by atoms with Gasteiger partial charge in [-0.25, -0.2) is 0 Å². The number of pyridine rings is 1. The van der Waals surface area contributed by atoms with Crippen molar-refractivity contribution in [3.05, 3.63) is 64.0 Å². The summed E-state index contributed by atoms with van der Waals surface area (Å²) in [5, 5.41) is 13.6. The number of nitro groups is 1. The van der Waals surface area contributed by atoms with Gasteiger partial charge in [-0.15, -0.1) is 0 Å². The van der Waals surface area contributed by atoms with Crippen molar-refractivity contribution in [3.63, 3.8) is 0 Å². The fraction of sp³-hybridized carbons (Fsp3) is 0.400. The number of benzene rings is 1. The predicted molar refractivity (Wildman–Crippen MR) is 107 cm³/mol. The molecule has 8 heteroatoms. The van der Waals surface area contributed by atoms with Crippen molar-refractivity contribution in [1.82, 2.24) is 14.8 Å². The Hall–Kier alpha value is -2.84. The first-order valence-electron chi connectivity index (χ1n) is 9.41. The average molecular weight is 383 g/mol. The van der Waals surface area contributed by atoms with Crippen molar-refractivity contribution in [3.8, 4) is 0 Å². The Morgan fingerprint density at radius 2 is 1.93 bits per heavy atom. The number of non-ortho nitro benzene ring substituents is 1. The summed E-state index contributed by atoms with van der Waals surface area (Å²) in [5.74, 6) is -0.0760. The number of hydrogen-bond acceptors (Lipinski definition) is 6. The average Bonchev–Trinajstić information content (AvgIpc) is 2.69. The number of nitro benzene ring substituents is 1. The van der Waals surface area contributed by atoms with Crippen molar-refractivity contribution in [1.29, 1.82) is 0 Å². The Morgan fingerprint density at radius 3 is 2.57 bits per heavy atom. The van der Waals surface area contributed by atoms with Crippen LogP contribution in [0, 0.1) is 17.0 Å². The second-order valence-electron chi connectivity index (χ2n) is 6.99. The standard InChI is InChI=1S/C20H25N5O3/c1-16-14-18(25(27)28)5-6-19(16)22-20(26)7-9-23-10-12-24(13-11-23)15-17-4-2-3-8-21-17/h2-6,8,14H,7,9-13,15H2,1H3,(H,22,26). The maximum Gasteiger partial charge on any atom is 0.269 e. The maximum absolute atomic E-state index is 12.2. The molecule has 0 saturated carbocycles. The minimum atomic E-state index is -0.438. The van der Waals surface area contributed by atoms with Gasteiger partial charge in [-0.1, -0.05) is 6.07 Å². The summed E-state index contributed by atoms with van der Waals surface area (Å²) >= 11 is 0. The lowest BCUT2D eigenvalue weighted by molar-refractivity contribution is -0.384. The third-order valence-electron chi connectivity index (χ3n) is 4.93. The second kappa shape index (κ2) is 9.38. The topological polar surface area (TPSA) is 91.6 Å². The highest BCUT2D eigenvalue weighted by atomic mass is 16.6. The number of hydrogen-bond donors (Lipinski definition) is 1. The quantitative estimate of drug-likeness (QED) is 0.583. The van der Waals surface area contributed by atoms with Crippen molar-refractivity contribution in [2.75, 3.05) is 38.0 Å². The van der Waals surface area contributed by atoms with Crippen LogP contribution in [0.1, 0.15) is 17.7 Å². The van der Waals surface area contributed by atoms with E-state index in [1.807, 2.05) is 24.4 Å². The summed E-state index contributed by atoms with van der Waals surface area (Å²) in [7, 11) is 0. The molecule has 148 valence electrons. The van der Waals surface area contributed by atoms with E-state index in [1.54, 1.807) is 13.0 Å². The first kappa shape index (κ1) is 19.9. The van der Waals surface area contributed by atoms with Crippen LogP contribution in [0.25, 0.3) is 0 Å². The third-order valence-corrected chi connectivity index (χ3v) is 4.93. The number of amides is 1. The molecule has 1 aromatic carbocycles. The Kier molecular flexibility index (Phi) is 6.67. The largest absolute Gasteiger partial charge is 0.326 e. The molecule has 0 spiro atoms. The molecule has 2 aromatic rings. The molecule has 0 aliphatic carbocycles. The van der Waals surface area contributed by atoms with Crippen molar-refractivity contribution in [2.45, 2.75) is 19.9 Å². The summed E-state index contributed by atoms with van der Waals surface area (Å²) < 4.78 is 0. The van der Waals surface area contributed by atoms with Crippen molar-refractivity contribution < 1.29 is 9.72 Å². The number of piperazine rings is 1. The number of anilines is 1.